The third-order valence-corrected chi connectivity index (χ3v) is 4.94. The molecule has 2 nitrogen and oxygen atoms in total. The van der Waals surface area contributed by atoms with Crippen molar-refractivity contribution in [3.8, 4) is 0 Å². The lowest BCUT2D eigenvalue weighted by Crippen LogP contribution is -2.06. The summed E-state index contributed by atoms with van der Waals surface area (Å²) in [5, 5.41) is 7.56. The van der Waals surface area contributed by atoms with Crippen LogP contribution in [0.25, 0.3) is 0 Å². The van der Waals surface area contributed by atoms with Gasteiger partial charge in [0.1, 0.15) is 0 Å². The van der Waals surface area contributed by atoms with Gasteiger partial charge in [0.2, 0.25) is 0 Å². The van der Waals surface area contributed by atoms with Crippen LogP contribution in [0.5, 0.6) is 0 Å². The molecule has 0 bridgehead atoms. The van der Waals surface area contributed by atoms with Crippen molar-refractivity contribution in [3.63, 3.8) is 0 Å². The van der Waals surface area contributed by atoms with Gasteiger partial charge in [-0.2, -0.15) is 22.7 Å². The zero-order chi connectivity index (χ0) is 10.7. The minimum absolute atomic E-state index is 0.145. The Bertz CT molecular complexity index is 453. The van der Waals surface area contributed by atoms with Gasteiger partial charge in [-0.05, 0) is 44.8 Å². The summed E-state index contributed by atoms with van der Waals surface area (Å²) in [5.41, 5.74) is 1.77. The standard InChI is InChI=1S/C10H10O2S3/c11-15(12,7-9-1-3-13-5-9)8-10-2-4-14-6-10/h1-6H,7-8H2. The Morgan fingerprint density at radius 2 is 1.40 bits per heavy atom. The first-order valence-corrected chi connectivity index (χ1v) is 8.09. The van der Waals surface area contributed by atoms with Crippen molar-refractivity contribution in [2.75, 3.05) is 0 Å². The van der Waals surface area contributed by atoms with E-state index in [1.54, 1.807) is 0 Å². The molecular weight excluding hydrogens is 248 g/mol. The molecule has 0 atom stereocenters. The fourth-order valence-electron chi connectivity index (χ4n) is 1.31. The van der Waals surface area contributed by atoms with E-state index in [0.29, 0.717) is 0 Å². The van der Waals surface area contributed by atoms with Gasteiger partial charge in [0, 0.05) is 0 Å². The quantitative estimate of drug-likeness (QED) is 0.845. The minimum Gasteiger partial charge on any atom is -0.228 e. The van der Waals surface area contributed by atoms with Crippen LogP contribution in [0.1, 0.15) is 11.1 Å². The Morgan fingerprint density at radius 1 is 0.933 bits per heavy atom. The second-order valence-electron chi connectivity index (χ2n) is 3.30. The second-order valence-corrected chi connectivity index (χ2v) is 6.92. The van der Waals surface area contributed by atoms with E-state index >= 15 is 0 Å². The maximum atomic E-state index is 11.8. The third-order valence-electron chi connectivity index (χ3n) is 1.93. The Balaban J connectivity index is 2.08. The molecule has 80 valence electrons. The summed E-state index contributed by atoms with van der Waals surface area (Å²) in [6.07, 6.45) is 0. The second kappa shape index (κ2) is 4.47. The molecule has 0 aliphatic heterocycles. The fourth-order valence-corrected chi connectivity index (χ4v) is 4.33. The van der Waals surface area contributed by atoms with E-state index in [4.69, 9.17) is 0 Å². The minimum atomic E-state index is -3.01. The van der Waals surface area contributed by atoms with Crippen molar-refractivity contribution in [1.82, 2.24) is 0 Å². The Morgan fingerprint density at radius 3 is 1.73 bits per heavy atom. The van der Waals surface area contributed by atoms with Crippen LogP contribution in [0, 0.1) is 0 Å². The van der Waals surface area contributed by atoms with Crippen LogP contribution in [0.15, 0.2) is 33.7 Å². The Labute approximate surface area is 97.1 Å². The average Bonchev–Trinajstić information content (AvgIpc) is 2.75. The van der Waals surface area contributed by atoms with Crippen LogP contribution >= 0.6 is 22.7 Å². The molecule has 0 aromatic carbocycles. The van der Waals surface area contributed by atoms with Crippen molar-refractivity contribution in [1.29, 1.82) is 0 Å². The molecule has 0 unspecified atom stereocenters. The van der Waals surface area contributed by atoms with Gasteiger partial charge in [0.05, 0.1) is 11.5 Å². The van der Waals surface area contributed by atoms with E-state index in [0.717, 1.165) is 11.1 Å². The summed E-state index contributed by atoms with van der Waals surface area (Å²) < 4.78 is 23.5. The van der Waals surface area contributed by atoms with Gasteiger partial charge in [0.25, 0.3) is 0 Å². The largest absolute Gasteiger partial charge is 0.228 e. The molecule has 2 rings (SSSR count). The monoisotopic (exact) mass is 258 g/mol. The van der Waals surface area contributed by atoms with Crippen LogP contribution in [0.2, 0.25) is 0 Å². The molecule has 0 aliphatic carbocycles. The highest BCUT2D eigenvalue weighted by molar-refractivity contribution is 7.89. The number of hydrogen-bond acceptors (Lipinski definition) is 4. The van der Waals surface area contributed by atoms with E-state index in [2.05, 4.69) is 0 Å². The molecule has 2 aromatic heterocycles. The lowest BCUT2D eigenvalue weighted by molar-refractivity contribution is 0.594. The lowest BCUT2D eigenvalue weighted by atomic mass is 10.4. The predicted octanol–water partition coefficient (Wildman–Crippen LogP) is 2.92. The first kappa shape index (κ1) is 10.9. The molecule has 0 N–H and O–H groups in total. The highest BCUT2D eigenvalue weighted by atomic mass is 32.2. The summed E-state index contributed by atoms with van der Waals surface area (Å²) >= 11 is 3.05. The molecule has 0 saturated carbocycles. The number of sulfone groups is 1. The van der Waals surface area contributed by atoms with Crippen molar-refractivity contribution in [3.05, 3.63) is 44.8 Å². The molecule has 0 saturated heterocycles. The first-order chi connectivity index (χ1) is 7.16. The van der Waals surface area contributed by atoms with Gasteiger partial charge in [-0.25, -0.2) is 8.42 Å². The van der Waals surface area contributed by atoms with Crippen molar-refractivity contribution in [2.24, 2.45) is 0 Å². The van der Waals surface area contributed by atoms with Crippen LogP contribution < -0.4 is 0 Å². The van der Waals surface area contributed by atoms with E-state index < -0.39 is 9.84 Å². The zero-order valence-electron chi connectivity index (χ0n) is 7.92. The molecule has 2 aromatic rings. The molecule has 15 heavy (non-hydrogen) atoms. The topological polar surface area (TPSA) is 34.1 Å². The van der Waals surface area contributed by atoms with Crippen LogP contribution in [0.4, 0.5) is 0 Å². The van der Waals surface area contributed by atoms with E-state index in [-0.39, 0.29) is 11.5 Å². The van der Waals surface area contributed by atoms with Crippen molar-refractivity contribution < 1.29 is 8.42 Å². The summed E-state index contributed by atoms with van der Waals surface area (Å²) in [6, 6.07) is 3.71. The van der Waals surface area contributed by atoms with Crippen molar-refractivity contribution in [2.45, 2.75) is 11.5 Å². The highest BCUT2D eigenvalue weighted by Gasteiger charge is 2.13. The molecule has 0 aliphatic rings. The molecule has 0 radical (unpaired) electrons. The van der Waals surface area contributed by atoms with Gasteiger partial charge in [0.15, 0.2) is 9.84 Å². The smallest absolute Gasteiger partial charge is 0.158 e. The number of rotatable bonds is 4. The van der Waals surface area contributed by atoms with Crippen LogP contribution in [-0.2, 0) is 21.3 Å². The normalized spacial score (nSPS) is 11.7. The fraction of sp³-hybridized carbons (Fsp3) is 0.200. The van der Waals surface area contributed by atoms with Gasteiger partial charge >= 0.3 is 0 Å². The molecule has 0 spiro atoms. The zero-order valence-corrected chi connectivity index (χ0v) is 10.4. The summed E-state index contributed by atoms with van der Waals surface area (Å²) in [6.45, 7) is 0. The number of thiophene rings is 2. The van der Waals surface area contributed by atoms with Crippen LogP contribution in [0.3, 0.4) is 0 Å². The Hall–Kier alpha value is -0.650. The van der Waals surface area contributed by atoms with Crippen LogP contribution in [-0.4, -0.2) is 8.42 Å². The SMILES string of the molecule is O=S(=O)(Cc1ccsc1)Cc1ccsc1. The maximum Gasteiger partial charge on any atom is 0.158 e. The maximum absolute atomic E-state index is 11.8. The van der Waals surface area contributed by atoms with E-state index in [1.807, 2.05) is 33.7 Å². The molecular formula is C10H10O2S3. The van der Waals surface area contributed by atoms with Gasteiger partial charge in [-0.3, -0.25) is 0 Å². The van der Waals surface area contributed by atoms with Gasteiger partial charge in [-0.1, -0.05) is 0 Å². The Kier molecular flexibility index (Phi) is 3.23. The summed E-state index contributed by atoms with van der Waals surface area (Å²) in [5.74, 6) is 0.290. The van der Waals surface area contributed by atoms with Gasteiger partial charge < -0.3 is 0 Å². The van der Waals surface area contributed by atoms with Gasteiger partial charge in [-0.15, -0.1) is 0 Å². The third kappa shape index (κ3) is 3.15. The molecule has 2 heterocycles. The predicted molar refractivity (Wildman–Crippen MR) is 65.0 cm³/mol. The summed E-state index contributed by atoms with van der Waals surface area (Å²) in [4.78, 5) is 0. The molecule has 5 heteroatoms. The highest BCUT2D eigenvalue weighted by Crippen LogP contribution is 2.16. The number of hydrogen-bond donors (Lipinski definition) is 0. The van der Waals surface area contributed by atoms with E-state index in [9.17, 15) is 8.42 Å². The summed E-state index contributed by atoms with van der Waals surface area (Å²) in [7, 11) is -3.01. The van der Waals surface area contributed by atoms with Crippen molar-refractivity contribution >= 4 is 32.5 Å². The lowest BCUT2D eigenvalue weighted by Gasteiger charge is -2.00. The van der Waals surface area contributed by atoms with E-state index in [1.165, 1.54) is 22.7 Å². The molecule has 0 amide bonds. The molecule has 0 fully saturated rings. The first-order valence-electron chi connectivity index (χ1n) is 4.38. The average molecular weight is 258 g/mol.